The molecule has 0 aliphatic carbocycles. The maximum absolute atomic E-state index is 10.9. The van der Waals surface area contributed by atoms with Crippen molar-refractivity contribution in [2.24, 2.45) is 5.92 Å². The van der Waals surface area contributed by atoms with E-state index in [1.165, 1.54) is 0 Å². The quantitative estimate of drug-likeness (QED) is 0.927. The number of methoxy groups -OCH3 is 1. The maximum atomic E-state index is 10.9. The Hall–Kier alpha value is -1.26. The minimum Gasteiger partial charge on any atom is -0.478 e. The van der Waals surface area contributed by atoms with Gasteiger partial charge in [0.1, 0.15) is 0 Å². The molecule has 1 aromatic carbocycles. The van der Waals surface area contributed by atoms with E-state index in [2.05, 4.69) is 11.8 Å². The van der Waals surface area contributed by atoms with Gasteiger partial charge in [0.15, 0.2) is 0 Å². The van der Waals surface area contributed by atoms with Crippen molar-refractivity contribution in [2.45, 2.75) is 19.4 Å². The van der Waals surface area contributed by atoms with E-state index in [0.29, 0.717) is 5.92 Å². The van der Waals surface area contributed by atoms with E-state index in [9.17, 15) is 4.79 Å². The van der Waals surface area contributed by atoms with Crippen LogP contribution in [0.4, 0.5) is 5.69 Å². The van der Waals surface area contributed by atoms with E-state index >= 15 is 0 Å². The number of hydrogen-bond acceptors (Lipinski definition) is 3. The largest absolute Gasteiger partial charge is 0.478 e. The molecule has 5 heteroatoms. The summed E-state index contributed by atoms with van der Waals surface area (Å²) in [7, 11) is 1.73. The number of ether oxygens (including phenoxy) is 1. The molecule has 1 saturated heterocycles. The van der Waals surface area contributed by atoms with E-state index < -0.39 is 5.97 Å². The number of rotatable bonds is 3. The summed E-state index contributed by atoms with van der Waals surface area (Å²) >= 11 is 6.00. The SMILES string of the molecule is COC1CN(c2ccc(C(=O)O)c(Cl)c2)CCC1C. The average molecular weight is 284 g/mol. The minimum atomic E-state index is -1.00. The molecule has 2 atom stereocenters. The summed E-state index contributed by atoms with van der Waals surface area (Å²) in [5.74, 6) is -0.464. The average Bonchev–Trinajstić information content (AvgIpc) is 2.38. The van der Waals surface area contributed by atoms with Crippen molar-refractivity contribution in [3.05, 3.63) is 28.8 Å². The molecular weight excluding hydrogens is 266 g/mol. The van der Waals surface area contributed by atoms with Crippen molar-refractivity contribution in [1.29, 1.82) is 0 Å². The number of carboxylic acid groups (broad SMARTS) is 1. The van der Waals surface area contributed by atoms with Gasteiger partial charge in [-0.1, -0.05) is 18.5 Å². The summed E-state index contributed by atoms with van der Waals surface area (Å²) in [4.78, 5) is 13.1. The molecule has 1 fully saturated rings. The molecule has 1 N–H and O–H groups in total. The normalized spacial score (nSPS) is 23.4. The van der Waals surface area contributed by atoms with E-state index in [1.807, 2.05) is 0 Å². The van der Waals surface area contributed by atoms with Crippen molar-refractivity contribution in [2.75, 3.05) is 25.1 Å². The van der Waals surface area contributed by atoms with Crippen molar-refractivity contribution >= 4 is 23.3 Å². The standard InChI is InChI=1S/C14H18ClNO3/c1-9-5-6-16(8-13(9)19-2)10-3-4-11(14(17)18)12(15)7-10/h3-4,7,9,13H,5-6,8H2,1-2H3,(H,17,18). The third-order valence-electron chi connectivity index (χ3n) is 3.74. The highest BCUT2D eigenvalue weighted by Crippen LogP contribution is 2.28. The van der Waals surface area contributed by atoms with Crippen LogP contribution in [0.2, 0.25) is 5.02 Å². The molecule has 0 radical (unpaired) electrons. The van der Waals surface area contributed by atoms with Crippen molar-refractivity contribution in [1.82, 2.24) is 0 Å². The molecule has 19 heavy (non-hydrogen) atoms. The summed E-state index contributed by atoms with van der Waals surface area (Å²) in [6.45, 7) is 3.93. The first-order valence-electron chi connectivity index (χ1n) is 6.33. The molecule has 1 aromatic rings. The Balaban J connectivity index is 2.18. The second kappa shape index (κ2) is 5.80. The molecule has 0 spiro atoms. The highest BCUT2D eigenvalue weighted by atomic mass is 35.5. The van der Waals surface area contributed by atoms with Crippen molar-refractivity contribution < 1.29 is 14.6 Å². The molecular formula is C14H18ClNO3. The van der Waals surface area contributed by atoms with E-state index in [0.717, 1.165) is 25.2 Å². The Morgan fingerprint density at radius 3 is 2.84 bits per heavy atom. The van der Waals surface area contributed by atoms with Crippen LogP contribution >= 0.6 is 11.6 Å². The van der Waals surface area contributed by atoms with Crippen LogP contribution in [0.1, 0.15) is 23.7 Å². The zero-order chi connectivity index (χ0) is 14.0. The predicted octanol–water partition coefficient (Wildman–Crippen LogP) is 2.90. The third-order valence-corrected chi connectivity index (χ3v) is 4.05. The zero-order valence-corrected chi connectivity index (χ0v) is 11.9. The van der Waals surface area contributed by atoms with Crippen LogP contribution in [0.3, 0.4) is 0 Å². The van der Waals surface area contributed by atoms with Crippen LogP contribution in [-0.4, -0.2) is 37.4 Å². The minimum absolute atomic E-state index is 0.138. The van der Waals surface area contributed by atoms with Crippen molar-refractivity contribution in [3.8, 4) is 0 Å². The molecule has 0 bridgehead atoms. The molecule has 2 unspecified atom stereocenters. The lowest BCUT2D eigenvalue weighted by Gasteiger charge is -2.37. The van der Waals surface area contributed by atoms with Gasteiger partial charge in [0.2, 0.25) is 0 Å². The first kappa shape index (κ1) is 14.2. The zero-order valence-electron chi connectivity index (χ0n) is 11.1. The molecule has 0 aromatic heterocycles. The van der Waals surface area contributed by atoms with Gasteiger partial charge >= 0.3 is 5.97 Å². The van der Waals surface area contributed by atoms with Gasteiger partial charge in [0.25, 0.3) is 0 Å². The first-order chi connectivity index (χ1) is 9.02. The van der Waals surface area contributed by atoms with Crippen LogP contribution in [0.15, 0.2) is 18.2 Å². The highest BCUT2D eigenvalue weighted by Gasteiger charge is 2.26. The number of carbonyl (C=O) groups is 1. The third kappa shape index (κ3) is 3.01. The molecule has 1 aliphatic rings. The monoisotopic (exact) mass is 283 g/mol. The highest BCUT2D eigenvalue weighted by molar-refractivity contribution is 6.33. The molecule has 1 aliphatic heterocycles. The van der Waals surface area contributed by atoms with Gasteiger partial charge in [-0.2, -0.15) is 0 Å². The lowest BCUT2D eigenvalue weighted by atomic mass is 9.95. The Labute approximate surface area is 117 Å². The number of benzene rings is 1. The van der Waals surface area contributed by atoms with Gasteiger partial charge in [-0.3, -0.25) is 0 Å². The van der Waals surface area contributed by atoms with Gasteiger partial charge in [-0.15, -0.1) is 0 Å². The second-order valence-corrected chi connectivity index (χ2v) is 5.36. The fraction of sp³-hybridized carbons (Fsp3) is 0.500. The van der Waals surface area contributed by atoms with Crippen LogP contribution in [0, 0.1) is 5.92 Å². The molecule has 104 valence electrons. The summed E-state index contributed by atoms with van der Waals surface area (Å²) in [6.07, 6.45) is 1.25. The number of nitrogens with zero attached hydrogens (tertiary/aromatic N) is 1. The molecule has 0 saturated carbocycles. The lowest BCUT2D eigenvalue weighted by Crippen LogP contribution is -2.43. The summed E-state index contributed by atoms with van der Waals surface area (Å²) < 4.78 is 5.48. The van der Waals surface area contributed by atoms with E-state index in [4.69, 9.17) is 21.4 Å². The number of anilines is 1. The number of hydrogen-bond donors (Lipinski definition) is 1. The number of carboxylic acids is 1. The predicted molar refractivity (Wildman–Crippen MR) is 75.2 cm³/mol. The first-order valence-corrected chi connectivity index (χ1v) is 6.71. The summed E-state index contributed by atoms with van der Waals surface area (Å²) in [5.41, 5.74) is 1.09. The van der Waals surface area contributed by atoms with Gasteiger partial charge < -0.3 is 14.7 Å². The maximum Gasteiger partial charge on any atom is 0.337 e. The topological polar surface area (TPSA) is 49.8 Å². The Bertz CT molecular complexity index is 478. The van der Waals surface area contributed by atoms with Crippen LogP contribution < -0.4 is 4.90 Å². The van der Waals surface area contributed by atoms with E-state index in [-0.39, 0.29) is 16.7 Å². The molecule has 4 nitrogen and oxygen atoms in total. The summed E-state index contributed by atoms with van der Waals surface area (Å²) in [6, 6.07) is 5.07. The fourth-order valence-electron chi connectivity index (χ4n) is 2.45. The molecule has 0 amide bonds. The molecule has 2 rings (SSSR count). The fourth-order valence-corrected chi connectivity index (χ4v) is 2.70. The number of halogens is 1. The second-order valence-electron chi connectivity index (χ2n) is 4.96. The van der Waals surface area contributed by atoms with Gasteiger partial charge in [0.05, 0.1) is 16.7 Å². The lowest BCUT2D eigenvalue weighted by molar-refractivity contribution is 0.0498. The Kier molecular flexibility index (Phi) is 4.32. The van der Waals surface area contributed by atoms with Crippen LogP contribution in [0.25, 0.3) is 0 Å². The number of piperidine rings is 1. The van der Waals surface area contributed by atoms with Crippen LogP contribution in [0.5, 0.6) is 0 Å². The van der Waals surface area contributed by atoms with Crippen molar-refractivity contribution in [3.63, 3.8) is 0 Å². The van der Waals surface area contributed by atoms with Gasteiger partial charge in [0, 0.05) is 25.9 Å². The molecule has 1 heterocycles. The number of aromatic carboxylic acids is 1. The van der Waals surface area contributed by atoms with Crippen LogP contribution in [-0.2, 0) is 4.74 Å². The summed E-state index contributed by atoms with van der Waals surface area (Å²) in [5, 5.41) is 9.24. The van der Waals surface area contributed by atoms with Gasteiger partial charge in [-0.25, -0.2) is 4.79 Å². The Morgan fingerprint density at radius 2 is 2.26 bits per heavy atom. The smallest absolute Gasteiger partial charge is 0.337 e. The van der Waals surface area contributed by atoms with Gasteiger partial charge in [-0.05, 0) is 30.5 Å². The Morgan fingerprint density at radius 1 is 1.53 bits per heavy atom. The van der Waals surface area contributed by atoms with E-state index in [1.54, 1.807) is 25.3 Å².